The van der Waals surface area contributed by atoms with Gasteiger partial charge in [-0.05, 0) is 29.5 Å². The van der Waals surface area contributed by atoms with Crippen molar-refractivity contribution in [2.24, 2.45) is 0 Å². The van der Waals surface area contributed by atoms with Crippen LogP contribution in [-0.4, -0.2) is 22.4 Å². The van der Waals surface area contributed by atoms with E-state index < -0.39 is 24.5 Å². The summed E-state index contributed by atoms with van der Waals surface area (Å²) in [5.74, 6) is -1.76. The van der Waals surface area contributed by atoms with Gasteiger partial charge in [0.15, 0.2) is 0 Å². The van der Waals surface area contributed by atoms with Crippen LogP contribution < -0.4 is 4.74 Å². The molecule has 0 saturated carbocycles. The van der Waals surface area contributed by atoms with E-state index in [4.69, 9.17) is 5.11 Å². The molecule has 17 heavy (non-hydrogen) atoms. The molecule has 0 aliphatic heterocycles. The summed E-state index contributed by atoms with van der Waals surface area (Å²) in [5, 5.41) is 8.62. The van der Waals surface area contributed by atoms with Crippen LogP contribution in [0.5, 0.6) is 5.75 Å². The first kappa shape index (κ1) is 14.0. The van der Waals surface area contributed by atoms with Gasteiger partial charge in [0, 0.05) is 17.3 Å². The van der Waals surface area contributed by atoms with Crippen LogP contribution in [-0.2, 0) is 11.2 Å². The zero-order chi connectivity index (χ0) is 13.2. The molecule has 1 heterocycles. The number of aryl methyl sites for hydroxylation is 1. The van der Waals surface area contributed by atoms with Crippen molar-refractivity contribution in [2.75, 3.05) is 0 Å². The first-order chi connectivity index (χ1) is 7.69. The second-order valence-electron chi connectivity index (χ2n) is 3.13. The Hall–Kier alpha value is -1.06. The van der Waals surface area contributed by atoms with Crippen molar-refractivity contribution in [3.05, 3.63) is 21.0 Å². The number of pyridine rings is 1. The average molecular weight is 361 g/mol. The number of carbonyl (C=O) groups is 1. The summed E-state index contributed by atoms with van der Waals surface area (Å²) in [6.45, 7) is 1.43. The summed E-state index contributed by atoms with van der Waals surface area (Å²) in [7, 11) is 0. The Morgan fingerprint density at radius 3 is 2.65 bits per heavy atom. The number of carboxylic acid groups (broad SMARTS) is 1. The van der Waals surface area contributed by atoms with Gasteiger partial charge in [-0.3, -0.25) is 4.79 Å². The molecule has 1 aromatic heterocycles. The standard InChI is InChI=1S/C9H7F3INO3/c1-4-5(2-8(15)16)6(3-7(13)14-4)17-9(10,11)12/h3H,2H2,1H3,(H,15,16). The lowest BCUT2D eigenvalue weighted by Crippen LogP contribution is -2.19. The van der Waals surface area contributed by atoms with Crippen molar-refractivity contribution in [2.45, 2.75) is 19.7 Å². The topological polar surface area (TPSA) is 59.4 Å². The Labute approximate surface area is 108 Å². The molecule has 0 bridgehead atoms. The van der Waals surface area contributed by atoms with Crippen LogP contribution in [0.2, 0.25) is 0 Å². The summed E-state index contributed by atoms with van der Waals surface area (Å²) in [4.78, 5) is 14.5. The largest absolute Gasteiger partial charge is 0.573 e. The minimum atomic E-state index is -4.86. The number of nitrogens with zero attached hydrogens (tertiary/aromatic N) is 1. The van der Waals surface area contributed by atoms with Crippen molar-refractivity contribution in [3.63, 3.8) is 0 Å². The summed E-state index contributed by atoms with van der Waals surface area (Å²) in [5.41, 5.74) is 0.133. The van der Waals surface area contributed by atoms with Gasteiger partial charge in [0.05, 0.1) is 6.42 Å². The average Bonchev–Trinajstić information content (AvgIpc) is 2.07. The van der Waals surface area contributed by atoms with Crippen molar-refractivity contribution < 1.29 is 27.8 Å². The zero-order valence-electron chi connectivity index (χ0n) is 8.51. The highest BCUT2D eigenvalue weighted by Crippen LogP contribution is 2.29. The van der Waals surface area contributed by atoms with Crippen molar-refractivity contribution in [3.8, 4) is 5.75 Å². The Bertz CT molecular complexity index is 448. The van der Waals surface area contributed by atoms with Gasteiger partial charge in [-0.1, -0.05) is 0 Å². The third-order valence-electron chi connectivity index (χ3n) is 1.81. The molecule has 94 valence electrons. The van der Waals surface area contributed by atoms with Crippen molar-refractivity contribution >= 4 is 28.6 Å². The SMILES string of the molecule is Cc1nc(I)cc(OC(F)(F)F)c1CC(=O)O. The van der Waals surface area contributed by atoms with E-state index in [1.54, 1.807) is 22.6 Å². The first-order valence-electron chi connectivity index (χ1n) is 4.32. The highest BCUT2D eigenvalue weighted by atomic mass is 127. The second-order valence-corrected chi connectivity index (χ2v) is 4.23. The second kappa shape index (κ2) is 5.07. The van der Waals surface area contributed by atoms with E-state index in [2.05, 4.69) is 9.72 Å². The van der Waals surface area contributed by atoms with Crippen LogP contribution >= 0.6 is 22.6 Å². The molecule has 0 aliphatic rings. The maximum absolute atomic E-state index is 12.1. The van der Waals surface area contributed by atoms with Gasteiger partial charge in [0.25, 0.3) is 0 Å². The quantitative estimate of drug-likeness (QED) is 0.664. The third-order valence-corrected chi connectivity index (χ3v) is 2.37. The number of halogens is 4. The van der Waals surface area contributed by atoms with Crippen LogP contribution in [0.25, 0.3) is 0 Å². The molecule has 0 radical (unpaired) electrons. The van der Waals surface area contributed by atoms with E-state index in [0.29, 0.717) is 3.70 Å². The fourth-order valence-corrected chi connectivity index (χ4v) is 1.86. The van der Waals surface area contributed by atoms with Gasteiger partial charge in [-0.15, -0.1) is 13.2 Å². The number of rotatable bonds is 3. The van der Waals surface area contributed by atoms with E-state index in [9.17, 15) is 18.0 Å². The fraction of sp³-hybridized carbons (Fsp3) is 0.333. The Morgan fingerprint density at radius 2 is 2.18 bits per heavy atom. The van der Waals surface area contributed by atoms with Crippen LogP contribution in [0, 0.1) is 10.6 Å². The Balaban J connectivity index is 3.20. The summed E-state index contributed by atoms with van der Waals surface area (Å²) < 4.78 is 40.5. The van der Waals surface area contributed by atoms with Gasteiger partial charge in [-0.25, -0.2) is 4.98 Å². The minimum Gasteiger partial charge on any atom is -0.481 e. The van der Waals surface area contributed by atoms with E-state index in [0.717, 1.165) is 6.07 Å². The van der Waals surface area contributed by atoms with Crippen LogP contribution in [0.15, 0.2) is 6.07 Å². The highest BCUT2D eigenvalue weighted by Gasteiger charge is 2.33. The molecule has 0 atom stereocenters. The first-order valence-corrected chi connectivity index (χ1v) is 5.40. The smallest absolute Gasteiger partial charge is 0.481 e. The van der Waals surface area contributed by atoms with E-state index >= 15 is 0 Å². The monoisotopic (exact) mass is 361 g/mol. The van der Waals surface area contributed by atoms with E-state index in [1.807, 2.05) is 0 Å². The predicted molar refractivity (Wildman–Crippen MR) is 59.7 cm³/mol. The van der Waals surface area contributed by atoms with Gasteiger partial charge in [0.2, 0.25) is 0 Å². The molecule has 1 N–H and O–H groups in total. The molecule has 0 unspecified atom stereocenters. The minimum absolute atomic E-state index is 0.0739. The van der Waals surface area contributed by atoms with Crippen LogP contribution in [0.1, 0.15) is 11.3 Å². The molecule has 8 heteroatoms. The lowest BCUT2D eigenvalue weighted by Gasteiger charge is -2.14. The number of ether oxygens (including phenoxy) is 1. The van der Waals surface area contributed by atoms with E-state index in [-0.39, 0.29) is 11.3 Å². The van der Waals surface area contributed by atoms with Crippen molar-refractivity contribution in [1.29, 1.82) is 0 Å². The molecule has 1 rings (SSSR count). The van der Waals surface area contributed by atoms with Crippen LogP contribution in [0.3, 0.4) is 0 Å². The molecule has 0 amide bonds. The normalized spacial score (nSPS) is 11.4. The third kappa shape index (κ3) is 4.36. The highest BCUT2D eigenvalue weighted by molar-refractivity contribution is 14.1. The summed E-state index contributed by atoms with van der Waals surface area (Å²) in [6, 6.07) is 1.05. The number of hydrogen-bond acceptors (Lipinski definition) is 3. The molecular weight excluding hydrogens is 354 g/mol. The lowest BCUT2D eigenvalue weighted by atomic mass is 10.1. The molecule has 0 fully saturated rings. The zero-order valence-corrected chi connectivity index (χ0v) is 10.7. The van der Waals surface area contributed by atoms with Crippen LogP contribution in [0.4, 0.5) is 13.2 Å². The van der Waals surface area contributed by atoms with Gasteiger partial charge in [-0.2, -0.15) is 0 Å². The Morgan fingerprint density at radius 1 is 1.59 bits per heavy atom. The molecule has 0 saturated heterocycles. The number of aliphatic carboxylic acids is 1. The number of aromatic nitrogens is 1. The molecule has 1 aromatic rings. The van der Waals surface area contributed by atoms with Gasteiger partial charge >= 0.3 is 12.3 Å². The maximum atomic E-state index is 12.1. The summed E-state index contributed by atoms with van der Waals surface area (Å²) in [6.07, 6.45) is -5.43. The molecule has 0 aliphatic carbocycles. The maximum Gasteiger partial charge on any atom is 0.573 e. The van der Waals surface area contributed by atoms with E-state index in [1.165, 1.54) is 6.92 Å². The molecule has 0 aromatic carbocycles. The number of alkyl halides is 3. The number of hydrogen-bond donors (Lipinski definition) is 1. The molecular formula is C9H7F3INO3. The fourth-order valence-electron chi connectivity index (χ4n) is 1.22. The Kier molecular flexibility index (Phi) is 4.17. The lowest BCUT2D eigenvalue weighted by molar-refractivity contribution is -0.275. The van der Waals surface area contributed by atoms with Gasteiger partial charge in [0.1, 0.15) is 9.45 Å². The summed E-state index contributed by atoms with van der Waals surface area (Å²) >= 11 is 1.73. The van der Waals surface area contributed by atoms with Crippen molar-refractivity contribution in [1.82, 2.24) is 4.98 Å². The number of carboxylic acids is 1. The predicted octanol–water partition coefficient (Wildman–Crippen LogP) is 2.52. The molecule has 0 spiro atoms. The molecule has 4 nitrogen and oxygen atoms in total. The van der Waals surface area contributed by atoms with Gasteiger partial charge < -0.3 is 9.84 Å².